The highest BCUT2D eigenvalue weighted by atomic mass is 32.2. The van der Waals surface area contributed by atoms with Crippen molar-refractivity contribution in [1.29, 1.82) is 5.26 Å². The van der Waals surface area contributed by atoms with Crippen LogP contribution in [-0.4, -0.2) is 50.0 Å². The highest BCUT2D eigenvalue weighted by Crippen LogP contribution is 2.29. The SMILES string of the molecule is N#CC1(NC(=O)CSc2nnc(CN3CCCCC3)n2-c2ccccc2)CCCC1. The zero-order valence-electron chi connectivity index (χ0n) is 17.2. The zero-order valence-corrected chi connectivity index (χ0v) is 18.0. The van der Waals surface area contributed by atoms with Crippen LogP contribution in [0.1, 0.15) is 50.8 Å². The number of piperidine rings is 1. The number of nitriles is 1. The van der Waals surface area contributed by atoms with Crippen LogP contribution in [0, 0.1) is 11.3 Å². The normalized spacial score (nSPS) is 18.8. The molecule has 1 saturated carbocycles. The van der Waals surface area contributed by atoms with Gasteiger partial charge in [0, 0.05) is 5.69 Å². The number of thioether (sulfide) groups is 1. The second-order valence-electron chi connectivity index (χ2n) is 8.14. The van der Waals surface area contributed by atoms with Gasteiger partial charge in [-0.05, 0) is 63.7 Å². The van der Waals surface area contributed by atoms with Gasteiger partial charge >= 0.3 is 0 Å². The fraction of sp³-hybridized carbons (Fsp3) is 0.545. The number of nitrogens with one attached hydrogen (secondary N) is 1. The Morgan fingerprint density at radius 3 is 2.53 bits per heavy atom. The Hall–Kier alpha value is -2.37. The molecule has 1 amide bonds. The van der Waals surface area contributed by atoms with Crippen LogP contribution >= 0.6 is 11.8 Å². The van der Waals surface area contributed by atoms with Gasteiger partial charge in [0.1, 0.15) is 5.54 Å². The van der Waals surface area contributed by atoms with Crippen LogP contribution in [0.2, 0.25) is 0 Å². The number of hydrogen-bond acceptors (Lipinski definition) is 6. The molecule has 0 spiro atoms. The third-order valence-electron chi connectivity index (χ3n) is 5.91. The molecule has 1 saturated heterocycles. The number of carbonyl (C=O) groups is 1. The lowest BCUT2D eigenvalue weighted by Crippen LogP contribution is -2.45. The number of rotatable bonds is 7. The Bertz CT molecular complexity index is 894. The van der Waals surface area contributed by atoms with E-state index in [0.717, 1.165) is 56.8 Å². The van der Waals surface area contributed by atoms with Crippen molar-refractivity contribution >= 4 is 17.7 Å². The first kappa shape index (κ1) is 20.9. The molecule has 1 aromatic heterocycles. The first-order valence-corrected chi connectivity index (χ1v) is 11.7. The molecule has 1 aromatic carbocycles. The molecule has 8 heteroatoms. The van der Waals surface area contributed by atoms with Gasteiger partial charge in [-0.25, -0.2) is 0 Å². The van der Waals surface area contributed by atoms with Crippen LogP contribution in [0.25, 0.3) is 5.69 Å². The number of para-hydroxylation sites is 1. The highest BCUT2D eigenvalue weighted by molar-refractivity contribution is 7.99. The van der Waals surface area contributed by atoms with Gasteiger partial charge in [0.2, 0.25) is 5.91 Å². The van der Waals surface area contributed by atoms with E-state index in [1.165, 1.54) is 31.0 Å². The number of nitrogens with zero attached hydrogens (tertiary/aromatic N) is 5. The molecular formula is C22H28N6OS. The van der Waals surface area contributed by atoms with Gasteiger partial charge in [-0.1, -0.05) is 36.4 Å². The molecule has 1 aliphatic carbocycles. The summed E-state index contributed by atoms with van der Waals surface area (Å²) in [6, 6.07) is 12.4. The molecule has 0 unspecified atom stereocenters. The van der Waals surface area contributed by atoms with E-state index >= 15 is 0 Å². The third kappa shape index (κ3) is 4.85. The Balaban J connectivity index is 1.48. The van der Waals surface area contributed by atoms with E-state index in [2.05, 4.69) is 31.1 Å². The van der Waals surface area contributed by atoms with Crippen molar-refractivity contribution in [1.82, 2.24) is 25.0 Å². The molecule has 2 aromatic rings. The van der Waals surface area contributed by atoms with E-state index in [-0.39, 0.29) is 11.7 Å². The van der Waals surface area contributed by atoms with Gasteiger partial charge in [0.05, 0.1) is 18.4 Å². The van der Waals surface area contributed by atoms with Crippen LogP contribution in [0.3, 0.4) is 0 Å². The summed E-state index contributed by atoms with van der Waals surface area (Å²) in [5.74, 6) is 0.997. The number of carbonyl (C=O) groups excluding carboxylic acids is 1. The molecule has 4 rings (SSSR count). The van der Waals surface area contributed by atoms with Crippen molar-refractivity contribution in [2.24, 2.45) is 0 Å². The van der Waals surface area contributed by atoms with E-state index in [0.29, 0.717) is 5.16 Å². The molecular weight excluding hydrogens is 396 g/mol. The number of aromatic nitrogens is 3. The van der Waals surface area contributed by atoms with Crippen molar-refractivity contribution in [2.45, 2.75) is 62.2 Å². The predicted octanol–water partition coefficient (Wildman–Crippen LogP) is 3.30. The Kier molecular flexibility index (Phi) is 6.70. The van der Waals surface area contributed by atoms with Crippen LogP contribution in [0.15, 0.2) is 35.5 Å². The second-order valence-corrected chi connectivity index (χ2v) is 9.09. The predicted molar refractivity (Wildman–Crippen MR) is 116 cm³/mol. The van der Waals surface area contributed by atoms with Crippen molar-refractivity contribution in [3.05, 3.63) is 36.2 Å². The summed E-state index contributed by atoms with van der Waals surface area (Å²) < 4.78 is 2.06. The van der Waals surface area contributed by atoms with Crippen LogP contribution in [0.4, 0.5) is 0 Å². The molecule has 158 valence electrons. The number of hydrogen-bond donors (Lipinski definition) is 1. The molecule has 0 radical (unpaired) electrons. The summed E-state index contributed by atoms with van der Waals surface area (Å²) in [6.45, 7) is 2.93. The van der Waals surface area contributed by atoms with Crippen molar-refractivity contribution in [3.8, 4) is 11.8 Å². The van der Waals surface area contributed by atoms with Crippen molar-refractivity contribution < 1.29 is 4.79 Å². The minimum atomic E-state index is -0.690. The quantitative estimate of drug-likeness (QED) is 0.686. The topological polar surface area (TPSA) is 86.8 Å². The monoisotopic (exact) mass is 424 g/mol. The van der Waals surface area contributed by atoms with Gasteiger partial charge < -0.3 is 5.32 Å². The van der Waals surface area contributed by atoms with E-state index in [4.69, 9.17) is 0 Å². The number of likely N-dealkylation sites (tertiary alicyclic amines) is 1. The summed E-state index contributed by atoms with van der Waals surface area (Å²) in [7, 11) is 0. The Labute approximate surface area is 181 Å². The van der Waals surface area contributed by atoms with E-state index in [9.17, 15) is 10.1 Å². The summed E-state index contributed by atoms with van der Waals surface area (Å²) >= 11 is 1.37. The maximum atomic E-state index is 12.6. The number of benzene rings is 1. The first-order chi connectivity index (χ1) is 14.7. The largest absolute Gasteiger partial charge is 0.337 e. The molecule has 2 aliphatic rings. The molecule has 1 aliphatic heterocycles. The molecule has 0 bridgehead atoms. The lowest BCUT2D eigenvalue weighted by Gasteiger charge is -2.26. The molecule has 30 heavy (non-hydrogen) atoms. The highest BCUT2D eigenvalue weighted by Gasteiger charge is 2.35. The van der Waals surface area contributed by atoms with Crippen LogP contribution in [-0.2, 0) is 11.3 Å². The summed E-state index contributed by atoms with van der Waals surface area (Å²) in [4.78, 5) is 15.0. The average Bonchev–Trinajstić information content (AvgIpc) is 3.41. The Morgan fingerprint density at radius 2 is 1.83 bits per heavy atom. The van der Waals surface area contributed by atoms with E-state index in [1.807, 2.05) is 30.3 Å². The van der Waals surface area contributed by atoms with E-state index in [1.54, 1.807) is 0 Å². The fourth-order valence-electron chi connectivity index (χ4n) is 4.33. The minimum Gasteiger partial charge on any atom is -0.337 e. The summed E-state index contributed by atoms with van der Waals surface area (Å²) in [5, 5.41) is 22.0. The molecule has 7 nitrogen and oxygen atoms in total. The van der Waals surface area contributed by atoms with Crippen LogP contribution in [0.5, 0.6) is 0 Å². The van der Waals surface area contributed by atoms with Gasteiger partial charge in [0.15, 0.2) is 11.0 Å². The molecule has 0 atom stereocenters. The molecule has 2 fully saturated rings. The molecule has 1 N–H and O–H groups in total. The maximum absolute atomic E-state index is 12.6. The summed E-state index contributed by atoms with van der Waals surface area (Å²) in [5.41, 5.74) is 0.311. The average molecular weight is 425 g/mol. The maximum Gasteiger partial charge on any atom is 0.231 e. The van der Waals surface area contributed by atoms with E-state index < -0.39 is 5.54 Å². The Morgan fingerprint density at radius 1 is 1.10 bits per heavy atom. The summed E-state index contributed by atoms with van der Waals surface area (Å²) in [6.07, 6.45) is 7.19. The van der Waals surface area contributed by atoms with Gasteiger partial charge in [-0.15, -0.1) is 10.2 Å². The lowest BCUT2D eigenvalue weighted by atomic mass is 10.0. The zero-order chi connectivity index (χ0) is 20.8. The van der Waals surface area contributed by atoms with Gasteiger partial charge in [-0.2, -0.15) is 5.26 Å². The number of amides is 1. The third-order valence-corrected chi connectivity index (χ3v) is 6.84. The molecule has 2 heterocycles. The van der Waals surface area contributed by atoms with Crippen molar-refractivity contribution in [2.75, 3.05) is 18.8 Å². The fourth-order valence-corrected chi connectivity index (χ4v) is 5.10. The smallest absolute Gasteiger partial charge is 0.231 e. The lowest BCUT2D eigenvalue weighted by molar-refractivity contribution is -0.119. The standard InChI is InChI=1S/C22H28N6OS/c23-17-22(11-5-6-12-22)24-20(29)16-30-21-26-25-19(15-27-13-7-2-8-14-27)28(21)18-9-3-1-4-10-18/h1,3-4,9-10H,2,5-8,11-16H2,(H,24,29). The van der Waals surface area contributed by atoms with Crippen LogP contribution < -0.4 is 5.32 Å². The van der Waals surface area contributed by atoms with Crippen molar-refractivity contribution in [3.63, 3.8) is 0 Å². The van der Waals surface area contributed by atoms with Gasteiger partial charge in [0.25, 0.3) is 0 Å². The second kappa shape index (κ2) is 9.63. The minimum absolute atomic E-state index is 0.122. The van der Waals surface area contributed by atoms with Gasteiger partial charge in [-0.3, -0.25) is 14.3 Å². The first-order valence-electron chi connectivity index (χ1n) is 10.8.